The lowest BCUT2D eigenvalue weighted by Crippen LogP contribution is -2.41. The number of carbonyl (C=O) groups is 1. The fraction of sp³-hybridized carbons (Fsp3) is 0.300. The molecule has 7 heteroatoms. The van der Waals surface area contributed by atoms with Gasteiger partial charge in [-0.3, -0.25) is 16.5 Å². The quantitative estimate of drug-likeness (QED) is 0.335. The summed E-state index contributed by atoms with van der Waals surface area (Å²) >= 11 is 0. The number of aliphatic hydroxyl groups is 1. The minimum absolute atomic E-state index is 0.0678. The average molecular weight is 243 g/mol. The van der Waals surface area contributed by atoms with E-state index in [1.165, 1.54) is 0 Å². The third kappa shape index (κ3) is 5.38. The molecule has 0 saturated carbocycles. The number of aliphatic carboxylic acids is 1. The number of carboxylic acids is 1. The smallest absolute Gasteiger partial charge is 0.325 e. The van der Waals surface area contributed by atoms with Crippen LogP contribution in [0.1, 0.15) is 5.56 Å². The molecule has 1 aromatic rings. The Morgan fingerprint density at radius 3 is 2.24 bits per heavy atom. The summed E-state index contributed by atoms with van der Waals surface area (Å²) in [6.45, 7) is -0.558. The minimum Gasteiger partial charge on any atom is -0.480 e. The molecule has 0 heterocycles. The Morgan fingerprint density at radius 2 is 1.82 bits per heavy atom. The lowest BCUT2D eigenvalue weighted by molar-refractivity contribution is -0.177. The number of aliphatic hydroxyl groups excluding tert-OH is 1. The summed E-state index contributed by atoms with van der Waals surface area (Å²) in [5.41, 5.74) is 0.778. The molecule has 96 valence electrons. The summed E-state index contributed by atoms with van der Waals surface area (Å²) in [5, 5.41) is 27.5. The zero-order valence-corrected chi connectivity index (χ0v) is 9.23. The highest BCUT2D eigenvalue weighted by Crippen LogP contribution is 2.05. The van der Waals surface area contributed by atoms with Crippen LogP contribution in [0.25, 0.3) is 0 Å². The highest BCUT2D eigenvalue weighted by atomic mass is 16.5. The number of benzene rings is 1. The van der Waals surface area contributed by atoms with Crippen LogP contribution in [0.4, 0.5) is 0 Å². The van der Waals surface area contributed by atoms with Gasteiger partial charge >= 0.3 is 5.97 Å². The Labute approximate surface area is 98.8 Å². The van der Waals surface area contributed by atoms with E-state index in [9.17, 15) is 10.0 Å². The fourth-order valence-corrected chi connectivity index (χ4v) is 1.18. The Bertz CT molecular complexity index is 321. The van der Waals surface area contributed by atoms with Gasteiger partial charge in [-0.05, 0) is 5.56 Å². The van der Waals surface area contributed by atoms with Crippen molar-refractivity contribution in [2.75, 3.05) is 6.61 Å². The number of rotatable bonds is 5. The molecule has 1 aromatic carbocycles. The maximum Gasteiger partial charge on any atom is 0.325 e. The molecule has 1 unspecified atom stereocenters. The van der Waals surface area contributed by atoms with E-state index in [-0.39, 0.29) is 6.54 Å². The van der Waals surface area contributed by atoms with Crippen molar-refractivity contribution in [3.05, 3.63) is 35.9 Å². The van der Waals surface area contributed by atoms with Crippen molar-refractivity contribution in [3.8, 4) is 0 Å². The number of hydrogen-bond acceptors (Lipinski definition) is 6. The van der Waals surface area contributed by atoms with Gasteiger partial charge < -0.3 is 15.4 Å². The molecule has 7 nitrogen and oxygen atoms in total. The number of hydrazine groups is 1. The van der Waals surface area contributed by atoms with Gasteiger partial charge in [-0.2, -0.15) is 5.06 Å². The normalized spacial score (nSPS) is 11.6. The van der Waals surface area contributed by atoms with Crippen molar-refractivity contribution in [3.63, 3.8) is 0 Å². The van der Waals surface area contributed by atoms with Crippen LogP contribution in [0.3, 0.4) is 0 Å². The van der Waals surface area contributed by atoms with E-state index in [2.05, 4.69) is 11.7 Å². The van der Waals surface area contributed by atoms with Gasteiger partial charge in [0.25, 0.3) is 0 Å². The van der Waals surface area contributed by atoms with Crippen LogP contribution >= 0.6 is 0 Å². The van der Waals surface area contributed by atoms with Crippen molar-refractivity contribution >= 4 is 5.97 Å². The van der Waals surface area contributed by atoms with E-state index >= 15 is 0 Å². The number of nitrogens with zero attached hydrogens (tertiary/aromatic N) is 1. The van der Waals surface area contributed by atoms with Crippen molar-refractivity contribution in [1.82, 2.24) is 5.06 Å². The average Bonchev–Trinajstić information content (AvgIpc) is 2.33. The Hall–Kier alpha value is -1.51. The number of carboxylic acid groups (broad SMARTS) is 1. The first-order valence-corrected chi connectivity index (χ1v) is 4.81. The molecule has 0 fully saturated rings. The van der Waals surface area contributed by atoms with Gasteiger partial charge in [0.15, 0.2) is 6.04 Å². The molecular weight excluding hydrogens is 226 g/mol. The van der Waals surface area contributed by atoms with E-state index in [1.807, 2.05) is 6.07 Å². The van der Waals surface area contributed by atoms with E-state index in [4.69, 9.17) is 10.2 Å². The first-order chi connectivity index (χ1) is 8.15. The number of hydroxylamine groups is 2. The summed E-state index contributed by atoms with van der Waals surface area (Å²) in [6, 6.07) is 7.64. The zero-order chi connectivity index (χ0) is 13.3. The van der Waals surface area contributed by atoms with E-state index in [0.717, 1.165) is 5.56 Å². The molecule has 0 saturated heterocycles. The first-order valence-electron chi connectivity index (χ1n) is 4.81. The molecule has 1 rings (SSSR count). The van der Waals surface area contributed by atoms with Gasteiger partial charge in [-0.1, -0.05) is 30.3 Å². The second-order valence-electron chi connectivity index (χ2n) is 3.12. The standard InChI is InChI=1S/C10H13NO4.H4N2/c12-7-9(10(13)14)11(15)6-8-4-2-1-3-5-8;1-2/h1-5,9,12,15H,6-7H2,(H,13,14);1-2H2. The number of nitrogens with two attached hydrogens (primary N) is 2. The largest absolute Gasteiger partial charge is 0.480 e. The molecular formula is C10H17N3O4. The molecule has 0 aliphatic carbocycles. The van der Waals surface area contributed by atoms with Crippen LogP contribution in [0.2, 0.25) is 0 Å². The fourth-order valence-electron chi connectivity index (χ4n) is 1.18. The minimum atomic E-state index is -1.29. The lowest BCUT2D eigenvalue weighted by atomic mass is 10.2. The molecule has 0 bridgehead atoms. The third-order valence-corrected chi connectivity index (χ3v) is 2.01. The van der Waals surface area contributed by atoms with Crippen LogP contribution in [0.5, 0.6) is 0 Å². The highest BCUT2D eigenvalue weighted by molar-refractivity contribution is 5.73. The monoisotopic (exact) mass is 243 g/mol. The van der Waals surface area contributed by atoms with Gasteiger partial charge in [-0.15, -0.1) is 0 Å². The van der Waals surface area contributed by atoms with Crippen molar-refractivity contribution < 1.29 is 20.2 Å². The molecule has 0 aromatic heterocycles. The second kappa shape index (κ2) is 8.62. The van der Waals surface area contributed by atoms with Gasteiger partial charge in [0.05, 0.1) is 6.61 Å². The van der Waals surface area contributed by atoms with E-state index < -0.39 is 18.6 Å². The molecule has 17 heavy (non-hydrogen) atoms. The molecule has 0 aliphatic heterocycles. The summed E-state index contributed by atoms with van der Waals surface area (Å²) in [7, 11) is 0. The van der Waals surface area contributed by atoms with Gasteiger partial charge in [0.2, 0.25) is 0 Å². The predicted octanol–water partition coefficient (Wildman–Crippen LogP) is -0.858. The molecule has 0 radical (unpaired) electrons. The summed E-state index contributed by atoms with van der Waals surface area (Å²) in [4.78, 5) is 10.6. The highest BCUT2D eigenvalue weighted by Gasteiger charge is 2.23. The second-order valence-corrected chi connectivity index (χ2v) is 3.12. The van der Waals surface area contributed by atoms with Gasteiger partial charge in [0.1, 0.15) is 0 Å². The third-order valence-electron chi connectivity index (χ3n) is 2.01. The molecule has 1 atom stereocenters. The summed E-state index contributed by atoms with van der Waals surface area (Å²) < 4.78 is 0. The topological polar surface area (TPSA) is 133 Å². The SMILES string of the molecule is NN.O=C(O)C(CO)N(O)Cc1ccccc1. The Kier molecular flexibility index (Phi) is 7.85. The summed E-state index contributed by atoms with van der Waals surface area (Å²) in [6.07, 6.45) is 0. The molecule has 0 spiro atoms. The Morgan fingerprint density at radius 1 is 1.29 bits per heavy atom. The van der Waals surface area contributed by atoms with E-state index in [1.54, 1.807) is 24.3 Å². The Balaban J connectivity index is 0.00000121. The van der Waals surface area contributed by atoms with Crippen LogP contribution in [0, 0.1) is 0 Å². The van der Waals surface area contributed by atoms with E-state index in [0.29, 0.717) is 5.06 Å². The number of hydrogen-bond donors (Lipinski definition) is 5. The maximum atomic E-state index is 10.6. The van der Waals surface area contributed by atoms with Crippen LogP contribution in [-0.4, -0.2) is 39.1 Å². The predicted molar refractivity (Wildman–Crippen MR) is 60.7 cm³/mol. The molecule has 0 aliphatic rings. The van der Waals surface area contributed by atoms with Crippen molar-refractivity contribution in [1.29, 1.82) is 0 Å². The van der Waals surface area contributed by atoms with Crippen LogP contribution < -0.4 is 11.7 Å². The summed E-state index contributed by atoms with van der Waals surface area (Å²) in [5.74, 6) is 6.75. The lowest BCUT2D eigenvalue weighted by Gasteiger charge is -2.20. The van der Waals surface area contributed by atoms with Gasteiger partial charge in [-0.25, -0.2) is 0 Å². The molecule has 0 amide bonds. The van der Waals surface area contributed by atoms with Crippen LogP contribution in [-0.2, 0) is 11.3 Å². The van der Waals surface area contributed by atoms with Gasteiger partial charge in [0, 0.05) is 6.54 Å². The molecule has 7 N–H and O–H groups in total. The van der Waals surface area contributed by atoms with Crippen LogP contribution in [0.15, 0.2) is 30.3 Å². The zero-order valence-electron chi connectivity index (χ0n) is 9.23. The van der Waals surface area contributed by atoms with Crippen molar-refractivity contribution in [2.24, 2.45) is 11.7 Å². The van der Waals surface area contributed by atoms with Crippen molar-refractivity contribution in [2.45, 2.75) is 12.6 Å². The first kappa shape index (κ1) is 15.5. The maximum absolute atomic E-state index is 10.6.